The normalized spacial score (nSPS) is 14.8. The van der Waals surface area contributed by atoms with E-state index < -0.39 is 0 Å². The summed E-state index contributed by atoms with van der Waals surface area (Å²) in [6.45, 7) is 1.28. The first-order chi connectivity index (χ1) is 12.8. The zero-order valence-corrected chi connectivity index (χ0v) is 15.0. The third-order valence-electron chi connectivity index (χ3n) is 4.45. The molecule has 0 saturated heterocycles. The van der Waals surface area contributed by atoms with E-state index in [0.717, 1.165) is 12.0 Å². The first-order valence-electron chi connectivity index (χ1n) is 9.35. The summed E-state index contributed by atoms with van der Waals surface area (Å²) in [5.74, 6) is 0.636. The van der Waals surface area contributed by atoms with Gasteiger partial charge < -0.3 is 15.4 Å². The van der Waals surface area contributed by atoms with Crippen LogP contribution in [0.3, 0.4) is 0 Å². The van der Waals surface area contributed by atoms with Crippen LogP contribution >= 0.6 is 0 Å². The van der Waals surface area contributed by atoms with Crippen molar-refractivity contribution in [3.8, 4) is 11.4 Å². The highest BCUT2D eigenvalue weighted by Gasteiger charge is 2.13. The summed E-state index contributed by atoms with van der Waals surface area (Å²) in [7, 11) is 0. The lowest BCUT2D eigenvalue weighted by Gasteiger charge is -2.21. The Hall–Kier alpha value is -2.47. The first kappa shape index (κ1) is 18.3. The number of ether oxygens (including phenoxy) is 1. The molecular weight excluding hydrogens is 328 g/mol. The molecule has 0 atom stereocenters. The average molecular weight is 354 g/mol. The van der Waals surface area contributed by atoms with Gasteiger partial charge in [0.2, 0.25) is 0 Å². The van der Waals surface area contributed by atoms with Crippen LogP contribution in [0.1, 0.15) is 38.5 Å². The Bertz CT molecular complexity index is 670. The minimum absolute atomic E-state index is 0.251. The number of hydrogen-bond acceptors (Lipinski definition) is 4. The molecule has 6 heteroatoms. The van der Waals surface area contributed by atoms with Crippen molar-refractivity contribution in [3.05, 3.63) is 42.7 Å². The maximum absolute atomic E-state index is 11.9. The molecule has 26 heavy (non-hydrogen) atoms. The van der Waals surface area contributed by atoms with E-state index in [-0.39, 0.29) is 6.03 Å². The zero-order valence-electron chi connectivity index (χ0n) is 15.0. The van der Waals surface area contributed by atoms with Crippen molar-refractivity contribution in [2.45, 2.75) is 44.6 Å². The highest BCUT2D eigenvalue weighted by molar-refractivity contribution is 5.88. The highest BCUT2D eigenvalue weighted by atomic mass is 16.5. The lowest BCUT2D eigenvalue weighted by Crippen LogP contribution is -2.30. The molecular formula is C20H26N4O2. The molecule has 1 aromatic carbocycles. The van der Waals surface area contributed by atoms with Crippen LogP contribution in [0.15, 0.2) is 42.7 Å². The quantitative estimate of drug-likeness (QED) is 0.737. The van der Waals surface area contributed by atoms with E-state index in [1.807, 2.05) is 30.3 Å². The molecule has 3 rings (SSSR count). The number of hydrogen-bond donors (Lipinski definition) is 2. The molecule has 1 heterocycles. The Labute approximate surface area is 154 Å². The van der Waals surface area contributed by atoms with Crippen LogP contribution < -0.4 is 10.6 Å². The van der Waals surface area contributed by atoms with Crippen LogP contribution in [0.4, 0.5) is 10.5 Å². The number of rotatable bonds is 7. The van der Waals surface area contributed by atoms with Crippen LogP contribution in [0.5, 0.6) is 0 Å². The van der Waals surface area contributed by atoms with E-state index in [4.69, 9.17) is 4.74 Å². The SMILES string of the molecule is O=C(NCCCOC1CCCCC1)Nc1cnc(-c2ccccc2)nc1. The molecule has 0 bridgehead atoms. The van der Waals surface area contributed by atoms with Crippen molar-refractivity contribution < 1.29 is 9.53 Å². The summed E-state index contributed by atoms with van der Waals surface area (Å²) >= 11 is 0. The molecule has 2 N–H and O–H groups in total. The molecule has 1 saturated carbocycles. The fraction of sp³-hybridized carbons (Fsp3) is 0.450. The summed E-state index contributed by atoms with van der Waals surface area (Å²) in [6.07, 6.45) is 10.7. The summed E-state index contributed by atoms with van der Waals surface area (Å²) < 4.78 is 5.85. The molecule has 138 valence electrons. The number of urea groups is 1. The smallest absolute Gasteiger partial charge is 0.319 e. The summed E-state index contributed by atoms with van der Waals surface area (Å²) in [4.78, 5) is 20.5. The van der Waals surface area contributed by atoms with E-state index >= 15 is 0 Å². The molecule has 2 amide bonds. The van der Waals surface area contributed by atoms with Gasteiger partial charge in [-0.1, -0.05) is 49.6 Å². The number of amides is 2. The van der Waals surface area contributed by atoms with Crippen LogP contribution in [0, 0.1) is 0 Å². The largest absolute Gasteiger partial charge is 0.378 e. The van der Waals surface area contributed by atoms with Gasteiger partial charge in [-0.2, -0.15) is 0 Å². The topological polar surface area (TPSA) is 76.1 Å². The Morgan fingerprint density at radius 3 is 2.54 bits per heavy atom. The number of nitrogens with zero attached hydrogens (tertiary/aromatic N) is 2. The Balaban J connectivity index is 1.34. The lowest BCUT2D eigenvalue weighted by atomic mass is 9.98. The van der Waals surface area contributed by atoms with E-state index in [1.54, 1.807) is 12.4 Å². The van der Waals surface area contributed by atoms with Gasteiger partial charge in [0, 0.05) is 18.7 Å². The van der Waals surface area contributed by atoms with Gasteiger partial charge in [0.1, 0.15) is 0 Å². The van der Waals surface area contributed by atoms with Gasteiger partial charge in [0.15, 0.2) is 5.82 Å². The maximum Gasteiger partial charge on any atom is 0.319 e. The van der Waals surface area contributed by atoms with Gasteiger partial charge in [-0.15, -0.1) is 0 Å². The van der Waals surface area contributed by atoms with E-state index in [0.29, 0.717) is 30.8 Å². The maximum atomic E-state index is 11.9. The average Bonchev–Trinajstić information content (AvgIpc) is 2.70. The van der Waals surface area contributed by atoms with Crippen molar-refractivity contribution in [3.63, 3.8) is 0 Å². The molecule has 2 aromatic rings. The second kappa shape index (κ2) is 9.87. The molecule has 0 spiro atoms. The van der Waals surface area contributed by atoms with E-state index in [2.05, 4.69) is 20.6 Å². The molecule has 0 radical (unpaired) electrons. The monoisotopic (exact) mass is 354 g/mol. The third kappa shape index (κ3) is 5.81. The standard InChI is InChI=1S/C20H26N4O2/c25-20(21-12-7-13-26-18-10-5-2-6-11-18)24-17-14-22-19(23-15-17)16-8-3-1-4-9-16/h1,3-4,8-9,14-15,18H,2,5-7,10-13H2,(H2,21,24,25). The van der Waals surface area contributed by atoms with E-state index in [1.165, 1.54) is 32.1 Å². The van der Waals surface area contributed by atoms with Crippen LogP contribution in [0.2, 0.25) is 0 Å². The number of benzene rings is 1. The van der Waals surface area contributed by atoms with Crippen molar-refractivity contribution in [1.82, 2.24) is 15.3 Å². The summed E-state index contributed by atoms with van der Waals surface area (Å²) in [6, 6.07) is 9.48. The number of carbonyl (C=O) groups excluding carboxylic acids is 1. The van der Waals surface area contributed by atoms with Gasteiger partial charge in [0.05, 0.1) is 24.2 Å². The fourth-order valence-electron chi connectivity index (χ4n) is 3.06. The number of anilines is 1. The van der Waals surface area contributed by atoms with Crippen molar-refractivity contribution >= 4 is 11.7 Å². The number of aromatic nitrogens is 2. The van der Waals surface area contributed by atoms with Crippen molar-refractivity contribution in [1.29, 1.82) is 0 Å². The van der Waals surface area contributed by atoms with Gasteiger partial charge in [-0.05, 0) is 19.3 Å². The molecule has 6 nitrogen and oxygen atoms in total. The van der Waals surface area contributed by atoms with Gasteiger partial charge >= 0.3 is 6.03 Å². The van der Waals surface area contributed by atoms with Crippen molar-refractivity contribution in [2.75, 3.05) is 18.5 Å². The minimum Gasteiger partial charge on any atom is -0.378 e. The predicted molar refractivity (Wildman–Crippen MR) is 102 cm³/mol. The Morgan fingerprint density at radius 2 is 1.81 bits per heavy atom. The zero-order chi connectivity index (χ0) is 18.0. The van der Waals surface area contributed by atoms with Gasteiger partial charge in [-0.25, -0.2) is 14.8 Å². The predicted octanol–water partition coefficient (Wildman–Crippen LogP) is 4.00. The fourth-order valence-corrected chi connectivity index (χ4v) is 3.06. The molecule has 0 aliphatic heterocycles. The third-order valence-corrected chi connectivity index (χ3v) is 4.45. The van der Waals surface area contributed by atoms with Gasteiger partial charge in [-0.3, -0.25) is 0 Å². The lowest BCUT2D eigenvalue weighted by molar-refractivity contribution is 0.0276. The molecule has 1 aliphatic rings. The van der Waals surface area contributed by atoms with Crippen molar-refractivity contribution in [2.24, 2.45) is 0 Å². The number of nitrogens with one attached hydrogen (secondary N) is 2. The van der Waals surface area contributed by atoms with Crippen LogP contribution in [0.25, 0.3) is 11.4 Å². The molecule has 1 aliphatic carbocycles. The number of carbonyl (C=O) groups is 1. The first-order valence-corrected chi connectivity index (χ1v) is 9.35. The van der Waals surface area contributed by atoms with Gasteiger partial charge in [0.25, 0.3) is 0 Å². The highest BCUT2D eigenvalue weighted by Crippen LogP contribution is 2.20. The molecule has 1 fully saturated rings. The molecule has 0 unspecified atom stereocenters. The Morgan fingerprint density at radius 1 is 1.08 bits per heavy atom. The second-order valence-corrected chi connectivity index (χ2v) is 6.53. The van der Waals surface area contributed by atoms with E-state index in [9.17, 15) is 4.79 Å². The van der Waals surface area contributed by atoms with Crippen LogP contribution in [-0.4, -0.2) is 35.3 Å². The summed E-state index contributed by atoms with van der Waals surface area (Å²) in [5, 5.41) is 5.57. The second-order valence-electron chi connectivity index (χ2n) is 6.53. The minimum atomic E-state index is -0.251. The Kier molecular flexibility index (Phi) is 6.96. The summed E-state index contributed by atoms with van der Waals surface area (Å²) in [5.41, 5.74) is 1.52. The molecule has 1 aromatic heterocycles. The van der Waals surface area contributed by atoms with Crippen LogP contribution in [-0.2, 0) is 4.74 Å².